The largest absolute Gasteiger partial charge is 0.508 e. The number of ether oxygens (including phenoxy) is 3. The molecule has 0 radical (unpaired) electrons. The number of phenolic OH excluding ortho intramolecular Hbond substituents is 2. The molecule has 3 aromatic rings. The molecule has 2 aliphatic heterocycles. The van der Waals surface area contributed by atoms with Crippen molar-refractivity contribution in [2.45, 2.75) is 56.1 Å². The molecule has 0 bridgehead atoms. The molecule has 0 spiro atoms. The summed E-state index contributed by atoms with van der Waals surface area (Å²) in [5, 5.41) is 65.7. The Labute approximate surface area is 275 Å². The highest BCUT2D eigenvalue weighted by Gasteiger charge is 2.46. The molecule has 0 saturated carbocycles. The first kappa shape index (κ1) is 33.2. The van der Waals surface area contributed by atoms with E-state index in [4.69, 9.17) is 19.9 Å². The van der Waals surface area contributed by atoms with E-state index in [0.29, 0.717) is 29.5 Å². The van der Waals surface area contributed by atoms with Gasteiger partial charge in [-0.3, -0.25) is 9.59 Å². The predicted molar refractivity (Wildman–Crippen MR) is 170 cm³/mol. The molecule has 0 amide bonds. The van der Waals surface area contributed by atoms with E-state index in [-0.39, 0.29) is 52.1 Å². The molecule has 1 saturated heterocycles. The van der Waals surface area contributed by atoms with Crippen molar-refractivity contribution in [2.75, 3.05) is 13.7 Å². The topological polar surface area (TPSA) is 221 Å². The lowest BCUT2D eigenvalue weighted by atomic mass is 9.79. The van der Waals surface area contributed by atoms with Crippen molar-refractivity contribution in [3.63, 3.8) is 0 Å². The first-order chi connectivity index (χ1) is 23.0. The number of benzene rings is 3. The van der Waals surface area contributed by atoms with Crippen LogP contribution in [0.5, 0.6) is 23.0 Å². The lowest BCUT2D eigenvalue weighted by Crippen LogP contribution is -2.60. The second-order valence-electron chi connectivity index (χ2n) is 11.9. The number of aromatic hydroxyl groups is 2. The van der Waals surface area contributed by atoms with Gasteiger partial charge in [0.1, 0.15) is 47.4 Å². The summed E-state index contributed by atoms with van der Waals surface area (Å²) >= 11 is 0. The number of nitrogens with two attached hydrogens (primary N) is 1. The highest BCUT2D eigenvalue weighted by Crippen LogP contribution is 2.43. The summed E-state index contributed by atoms with van der Waals surface area (Å²) in [6, 6.07) is 10.7. The van der Waals surface area contributed by atoms with Crippen LogP contribution >= 0.6 is 0 Å². The Hall–Kier alpha value is -4.76. The van der Waals surface area contributed by atoms with Crippen LogP contribution in [-0.4, -0.2) is 92.8 Å². The molecule has 1 aliphatic carbocycles. The molecule has 9 N–H and O–H groups in total. The van der Waals surface area contributed by atoms with Gasteiger partial charge in [0.25, 0.3) is 0 Å². The maximum atomic E-state index is 14.3. The Morgan fingerprint density at radius 3 is 2.40 bits per heavy atom. The summed E-state index contributed by atoms with van der Waals surface area (Å²) in [6.45, 7) is -0.707. The molecule has 2 heterocycles. The Kier molecular flexibility index (Phi) is 9.25. The average molecular weight is 661 g/mol. The molecule has 1 fully saturated rings. The SMILES string of the molecule is COc1cc(O[C@@H]2O[C@H](CO)[C@@H](O)[C@H](O)[C@H]2O)c2c(c1)C(=O)c1cc(CCC3=CNC(N)C=C3)c(Cc3cccc(O)c3)c(O)c1C2=O. The first-order valence-corrected chi connectivity index (χ1v) is 15.3. The molecule has 1 unspecified atom stereocenters. The Bertz CT molecular complexity index is 1820. The van der Waals surface area contributed by atoms with Crippen molar-refractivity contribution in [1.82, 2.24) is 5.32 Å². The van der Waals surface area contributed by atoms with Crippen LogP contribution in [-0.2, 0) is 17.6 Å². The second-order valence-corrected chi connectivity index (χ2v) is 11.9. The number of hydrogen-bond acceptors (Lipinski definition) is 13. The van der Waals surface area contributed by atoms with Crippen LogP contribution in [0.1, 0.15) is 55.0 Å². The number of fused-ring (bicyclic) bond motifs is 2. The van der Waals surface area contributed by atoms with Gasteiger partial charge in [-0.1, -0.05) is 18.2 Å². The average Bonchev–Trinajstić information content (AvgIpc) is 3.08. The van der Waals surface area contributed by atoms with Gasteiger partial charge in [0.05, 0.1) is 31.0 Å². The fraction of sp³-hybridized carbons (Fsp3) is 0.314. The third-order valence-corrected chi connectivity index (χ3v) is 8.80. The quantitative estimate of drug-likeness (QED) is 0.125. The van der Waals surface area contributed by atoms with Gasteiger partial charge >= 0.3 is 0 Å². The van der Waals surface area contributed by atoms with Gasteiger partial charge in [-0.15, -0.1) is 0 Å². The van der Waals surface area contributed by atoms with Crippen LogP contribution in [0.25, 0.3) is 0 Å². The summed E-state index contributed by atoms with van der Waals surface area (Å²) in [4.78, 5) is 28.5. The normalized spacial score (nSPS) is 24.8. The minimum atomic E-state index is -1.80. The molecule has 3 aromatic carbocycles. The maximum Gasteiger partial charge on any atom is 0.229 e. The van der Waals surface area contributed by atoms with E-state index in [0.717, 1.165) is 5.57 Å². The van der Waals surface area contributed by atoms with Gasteiger partial charge in [0.2, 0.25) is 12.1 Å². The van der Waals surface area contributed by atoms with E-state index < -0.39 is 54.6 Å². The van der Waals surface area contributed by atoms with E-state index in [9.17, 15) is 40.2 Å². The number of aliphatic hydroxyl groups is 4. The number of aliphatic hydroxyl groups excluding tert-OH is 4. The number of dihydropyridines is 1. The Balaban J connectivity index is 1.44. The number of aryl methyl sites for hydroxylation is 1. The smallest absolute Gasteiger partial charge is 0.229 e. The molecule has 3 aliphatic rings. The van der Waals surface area contributed by atoms with Crippen LogP contribution in [0.2, 0.25) is 0 Å². The lowest BCUT2D eigenvalue weighted by molar-refractivity contribution is -0.277. The molecule has 13 nitrogen and oxygen atoms in total. The fourth-order valence-electron chi connectivity index (χ4n) is 6.21. The minimum Gasteiger partial charge on any atom is -0.508 e. The van der Waals surface area contributed by atoms with Crippen LogP contribution in [0, 0.1) is 0 Å². The van der Waals surface area contributed by atoms with Gasteiger partial charge in [-0.2, -0.15) is 0 Å². The number of methoxy groups -OCH3 is 1. The molecule has 252 valence electrons. The number of nitrogens with one attached hydrogen (secondary N) is 1. The number of ketones is 2. The van der Waals surface area contributed by atoms with Crippen LogP contribution < -0.4 is 20.5 Å². The van der Waals surface area contributed by atoms with E-state index in [1.165, 1.54) is 25.3 Å². The molecule has 0 aromatic heterocycles. The summed E-state index contributed by atoms with van der Waals surface area (Å²) < 4.78 is 16.7. The van der Waals surface area contributed by atoms with Crippen molar-refractivity contribution < 1.29 is 54.4 Å². The van der Waals surface area contributed by atoms with Crippen molar-refractivity contribution in [3.05, 3.63) is 105 Å². The van der Waals surface area contributed by atoms with Crippen molar-refractivity contribution in [3.8, 4) is 23.0 Å². The van der Waals surface area contributed by atoms with E-state index in [2.05, 4.69) is 5.32 Å². The maximum absolute atomic E-state index is 14.3. The summed E-state index contributed by atoms with van der Waals surface area (Å²) in [7, 11) is 1.34. The highest BCUT2D eigenvalue weighted by molar-refractivity contribution is 6.30. The lowest BCUT2D eigenvalue weighted by Gasteiger charge is -2.39. The molecular weight excluding hydrogens is 624 g/mol. The Morgan fingerprint density at radius 2 is 1.71 bits per heavy atom. The van der Waals surface area contributed by atoms with E-state index >= 15 is 0 Å². The summed E-state index contributed by atoms with van der Waals surface area (Å²) in [5.74, 6) is -1.85. The first-order valence-electron chi connectivity index (χ1n) is 15.3. The molecule has 6 rings (SSSR count). The van der Waals surface area contributed by atoms with Crippen LogP contribution in [0.4, 0.5) is 0 Å². The molecule has 48 heavy (non-hydrogen) atoms. The van der Waals surface area contributed by atoms with E-state index in [1.807, 2.05) is 12.2 Å². The number of phenols is 2. The van der Waals surface area contributed by atoms with Gasteiger partial charge in [-0.25, -0.2) is 0 Å². The minimum absolute atomic E-state index is 0.0236. The molecule has 13 heteroatoms. The van der Waals surface area contributed by atoms with Crippen molar-refractivity contribution >= 4 is 11.6 Å². The number of carbonyl (C=O) groups excluding carboxylic acids is 2. The standard InChI is InChI=1S/C35H36N2O11/c1-46-20-12-23-27(24(13-20)47-35-34(45)33(44)31(42)25(15-38)48-35)32(43)28-22(29(23)40)11-18(7-5-16-6-8-26(36)37-14-16)21(30(28)41)10-17-3-2-4-19(39)9-17/h2-4,6,8-9,11-14,25-26,31,33-35,37-39,41-42,44-45H,5,7,10,15,36H2,1H3/t25-,26?,31-,33+,34-,35-/m1/s1. The summed E-state index contributed by atoms with van der Waals surface area (Å²) in [6.07, 6.45) is -1.91. The summed E-state index contributed by atoms with van der Waals surface area (Å²) in [5.41, 5.74) is 7.86. The monoisotopic (exact) mass is 660 g/mol. The Morgan fingerprint density at radius 1 is 0.938 bits per heavy atom. The number of hydrogen-bond donors (Lipinski definition) is 8. The zero-order valence-electron chi connectivity index (χ0n) is 25.9. The van der Waals surface area contributed by atoms with Gasteiger partial charge in [0.15, 0.2) is 5.78 Å². The van der Waals surface area contributed by atoms with Gasteiger partial charge in [-0.05, 0) is 59.9 Å². The number of carbonyl (C=O) groups is 2. The van der Waals surface area contributed by atoms with Crippen molar-refractivity contribution in [1.29, 1.82) is 0 Å². The molecule has 6 atom stereocenters. The third-order valence-electron chi connectivity index (χ3n) is 8.80. The zero-order valence-corrected chi connectivity index (χ0v) is 25.9. The van der Waals surface area contributed by atoms with Crippen LogP contribution in [0.15, 0.2) is 66.4 Å². The third kappa shape index (κ3) is 6.15. The highest BCUT2D eigenvalue weighted by atomic mass is 16.7. The predicted octanol–water partition coefficient (Wildman–Crippen LogP) is 0.912. The molecular formula is C35H36N2O11. The second kappa shape index (κ2) is 13.4. The van der Waals surface area contributed by atoms with E-state index in [1.54, 1.807) is 30.5 Å². The fourth-order valence-corrected chi connectivity index (χ4v) is 6.21. The van der Waals surface area contributed by atoms with Crippen molar-refractivity contribution in [2.24, 2.45) is 5.73 Å². The number of allylic oxidation sites excluding steroid dienone is 2. The zero-order chi connectivity index (χ0) is 34.3. The van der Waals surface area contributed by atoms with Gasteiger partial charge < -0.3 is 55.9 Å². The van der Waals surface area contributed by atoms with Gasteiger partial charge in [0, 0.05) is 35.4 Å². The van der Waals surface area contributed by atoms with Crippen LogP contribution in [0.3, 0.4) is 0 Å². The number of rotatable bonds is 9.